The Hall–Kier alpha value is -2.16. The molecule has 8 nitrogen and oxygen atoms in total. The largest absolute Gasteiger partial charge is 0.482 e. The number of hydrogen-bond acceptors (Lipinski definition) is 8. The van der Waals surface area contributed by atoms with Crippen LogP contribution in [-0.4, -0.2) is 80.7 Å². The number of methoxy groups -OCH3 is 1. The van der Waals surface area contributed by atoms with Crippen molar-refractivity contribution in [3.05, 3.63) is 29.3 Å². The number of fused-ring (bicyclic) bond motifs is 2. The number of nitrogens with zero attached hydrogens (tertiary/aromatic N) is 1. The predicted octanol–water partition coefficient (Wildman–Crippen LogP) is 4.26. The lowest BCUT2D eigenvalue weighted by atomic mass is 9.68. The van der Waals surface area contributed by atoms with Crippen molar-refractivity contribution in [1.82, 2.24) is 4.90 Å². The van der Waals surface area contributed by atoms with Gasteiger partial charge in [0, 0.05) is 25.2 Å². The van der Waals surface area contributed by atoms with E-state index >= 15 is 0 Å². The minimum absolute atomic E-state index is 0.0806. The van der Waals surface area contributed by atoms with Gasteiger partial charge in [0.2, 0.25) is 0 Å². The molecule has 0 amide bonds. The zero-order chi connectivity index (χ0) is 27.6. The fourth-order valence-corrected chi connectivity index (χ4v) is 6.76. The molecule has 1 heterocycles. The summed E-state index contributed by atoms with van der Waals surface area (Å²) in [4.78, 5) is 26.8. The van der Waals surface area contributed by atoms with Crippen molar-refractivity contribution >= 4 is 11.9 Å². The van der Waals surface area contributed by atoms with E-state index in [1.54, 1.807) is 0 Å². The Morgan fingerprint density at radius 2 is 1.95 bits per heavy atom. The van der Waals surface area contributed by atoms with Crippen molar-refractivity contribution in [2.24, 2.45) is 11.8 Å². The molecule has 1 aromatic carbocycles. The minimum atomic E-state index is -0.408. The summed E-state index contributed by atoms with van der Waals surface area (Å²) in [5, 5.41) is 10.7. The van der Waals surface area contributed by atoms with Gasteiger partial charge in [-0.1, -0.05) is 38.3 Å². The first kappa shape index (κ1) is 29.8. The van der Waals surface area contributed by atoms with Gasteiger partial charge in [0.25, 0.3) is 0 Å². The molecule has 0 radical (unpaired) electrons. The van der Waals surface area contributed by atoms with Crippen molar-refractivity contribution in [2.45, 2.75) is 89.3 Å². The van der Waals surface area contributed by atoms with Crippen LogP contribution in [0.4, 0.5) is 0 Å². The molecule has 2 fully saturated rings. The summed E-state index contributed by atoms with van der Waals surface area (Å²) < 4.78 is 22.2. The van der Waals surface area contributed by atoms with E-state index in [2.05, 4.69) is 17.9 Å². The van der Waals surface area contributed by atoms with Crippen LogP contribution in [0.1, 0.15) is 81.8 Å². The van der Waals surface area contributed by atoms with Crippen LogP contribution in [0.3, 0.4) is 0 Å². The summed E-state index contributed by atoms with van der Waals surface area (Å²) in [7, 11) is 1.36. The topological polar surface area (TPSA) is 94.5 Å². The number of aliphatic hydroxyl groups excluding tert-OH is 1. The Morgan fingerprint density at radius 3 is 2.72 bits per heavy atom. The summed E-state index contributed by atoms with van der Waals surface area (Å²) in [5.74, 6) is 1.16. The smallest absolute Gasteiger partial charge is 0.343 e. The van der Waals surface area contributed by atoms with Gasteiger partial charge in [-0.3, -0.25) is 9.69 Å². The fourth-order valence-electron chi connectivity index (χ4n) is 6.76. The number of hydrogen-bond donors (Lipinski definition) is 1. The van der Waals surface area contributed by atoms with Gasteiger partial charge >= 0.3 is 11.9 Å². The van der Waals surface area contributed by atoms with E-state index in [1.165, 1.54) is 12.7 Å². The molecule has 1 saturated carbocycles. The number of esters is 2. The van der Waals surface area contributed by atoms with E-state index < -0.39 is 5.97 Å². The standard InChI is InChI=1S/C31H47NO7/c1-3-4-5-8-24(33)10-11-26-27-20-25(39-29(34)12-13-32-14-16-37-17-15-32)19-23(27)18-22-7-6-9-28(31(22)26)38-21-30(35)36-2/h6-7,9,23-27,33H,3-5,8,10-21H2,1-2H3. The van der Waals surface area contributed by atoms with Crippen molar-refractivity contribution in [1.29, 1.82) is 0 Å². The molecule has 1 saturated heterocycles. The van der Waals surface area contributed by atoms with E-state index in [0.717, 1.165) is 95.4 Å². The summed E-state index contributed by atoms with van der Waals surface area (Å²) in [5.41, 5.74) is 2.39. The zero-order valence-corrected chi connectivity index (χ0v) is 23.8. The van der Waals surface area contributed by atoms with Crippen LogP contribution in [0.25, 0.3) is 0 Å². The molecule has 2 aliphatic carbocycles. The third-order valence-electron chi connectivity index (χ3n) is 8.79. The van der Waals surface area contributed by atoms with Gasteiger partial charge in [-0.15, -0.1) is 0 Å². The van der Waals surface area contributed by atoms with Crippen LogP contribution >= 0.6 is 0 Å². The van der Waals surface area contributed by atoms with Crippen LogP contribution in [0.5, 0.6) is 5.75 Å². The molecule has 0 spiro atoms. The molecular weight excluding hydrogens is 498 g/mol. The Kier molecular flexibility index (Phi) is 11.5. The van der Waals surface area contributed by atoms with Crippen LogP contribution in [0.15, 0.2) is 18.2 Å². The number of benzene rings is 1. The van der Waals surface area contributed by atoms with E-state index in [9.17, 15) is 14.7 Å². The maximum absolute atomic E-state index is 12.7. The molecule has 1 aliphatic heterocycles. The number of carbonyl (C=O) groups is 2. The van der Waals surface area contributed by atoms with Crippen LogP contribution in [0.2, 0.25) is 0 Å². The highest BCUT2D eigenvalue weighted by molar-refractivity contribution is 5.71. The monoisotopic (exact) mass is 545 g/mol. The highest BCUT2D eigenvalue weighted by Gasteiger charge is 2.45. The van der Waals surface area contributed by atoms with Crippen LogP contribution < -0.4 is 4.74 Å². The average Bonchev–Trinajstić information content (AvgIpc) is 3.35. The van der Waals surface area contributed by atoms with Crippen molar-refractivity contribution in [2.75, 3.05) is 46.6 Å². The minimum Gasteiger partial charge on any atom is -0.482 e. The maximum atomic E-state index is 12.7. The first-order chi connectivity index (χ1) is 19.0. The first-order valence-corrected chi connectivity index (χ1v) is 15.0. The molecule has 0 bridgehead atoms. The number of ether oxygens (including phenoxy) is 4. The van der Waals surface area contributed by atoms with E-state index in [4.69, 9.17) is 18.9 Å². The lowest BCUT2D eigenvalue weighted by molar-refractivity contribution is -0.149. The maximum Gasteiger partial charge on any atom is 0.343 e. The Balaban J connectivity index is 1.43. The number of carbonyl (C=O) groups excluding carboxylic acids is 2. The number of rotatable bonds is 14. The van der Waals surface area contributed by atoms with Crippen LogP contribution in [-0.2, 0) is 30.2 Å². The van der Waals surface area contributed by atoms with E-state index in [0.29, 0.717) is 24.8 Å². The SMILES string of the molecule is CCCCCC(O)CCC1c2c(cccc2OCC(=O)OC)CC2CC(OC(=O)CCN3CCOCC3)CC21. The molecule has 1 N–H and O–H groups in total. The van der Waals surface area contributed by atoms with Crippen molar-refractivity contribution < 1.29 is 33.6 Å². The summed E-state index contributed by atoms with van der Waals surface area (Å²) >= 11 is 0. The van der Waals surface area contributed by atoms with Gasteiger partial charge in [0.05, 0.1) is 32.8 Å². The average molecular weight is 546 g/mol. The number of morpholine rings is 1. The predicted molar refractivity (Wildman–Crippen MR) is 148 cm³/mol. The number of unbranched alkanes of at least 4 members (excludes halogenated alkanes) is 2. The second kappa shape index (κ2) is 15.0. The molecule has 218 valence electrons. The lowest BCUT2D eigenvalue weighted by Gasteiger charge is -2.37. The molecule has 39 heavy (non-hydrogen) atoms. The third kappa shape index (κ3) is 8.41. The molecule has 1 aromatic rings. The summed E-state index contributed by atoms with van der Waals surface area (Å²) in [6, 6.07) is 6.08. The Bertz CT molecular complexity index is 932. The molecular formula is C31H47NO7. The highest BCUT2D eigenvalue weighted by Crippen LogP contribution is 2.53. The van der Waals surface area contributed by atoms with Gasteiger partial charge in [-0.25, -0.2) is 4.79 Å². The molecule has 8 heteroatoms. The normalized spacial score (nSPS) is 25.4. The fraction of sp³-hybridized carbons (Fsp3) is 0.742. The second-order valence-electron chi connectivity index (χ2n) is 11.4. The molecule has 5 atom stereocenters. The van der Waals surface area contributed by atoms with Gasteiger partial charge < -0.3 is 24.1 Å². The van der Waals surface area contributed by atoms with Crippen LogP contribution in [0, 0.1) is 11.8 Å². The molecule has 5 unspecified atom stereocenters. The van der Waals surface area contributed by atoms with Gasteiger partial charge in [-0.05, 0) is 67.9 Å². The Morgan fingerprint density at radius 1 is 1.13 bits per heavy atom. The molecule has 0 aromatic heterocycles. The first-order valence-electron chi connectivity index (χ1n) is 15.0. The molecule has 3 aliphatic rings. The van der Waals surface area contributed by atoms with Gasteiger partial charge in [0.15, 0.2) is 6.61 Å². The van der Waals surface area contributed by atoms with Crippen molar-refractivity contribution in [3.8, 4) is 5.75 Å². The van der Waals surface area contributed by atoms with E-state index in [1.807, 2.05) is 12.1 Å². The molecule has 4 rings (SSSR count). The zero-order valence-electron chi connectivity index (χ0n) is 23.8. The third-order valence-corrected chi connectivity index (χ3v) is 8.79. The number of aliphatic hydroxyl groups is 1. The Labute approximate surface area is 233 Å². The lowest BCUT2D eigenvalue weighted by Crippen LogP contribution is -2.37. The second-order valence-corrected chi connectivity index (χ2v) is 11.4. The van der Waals surface area contributed by atoms with E-state index in [-0.39, 0.29) is 30.7 Å². The van der Waals surface area contributed by atoms with Gasteiger partial charge in [0.1, 0.15) is 11.9 Å². The van der Waals surface area contributed by atoms with Crippen molar-refractivity contribution in [3.63, 3.8) is 0 Å². The van der Waals surface area contributed by atoms with Gasteiger partial charge in [-0.2, -0.15) is 0 Å². The highest BCUT2D eigenvalue weighted by atomic mass is 16.6. The quantitative estimate of drug-likeness (QED) is 0.274. The summed E-state index contributed by atoms with van der Waals surface area (Å²) in [6.07, 6.45) is 8.33. The summed E-state index contributed by atoms with van der Waals surface area (Å²) in [6.45, 7) is 5.94.